The summed E-state index contributed by atoms with van der Waals surface area (Å²) < 4.78 is 11.1. The van der Waals surface area contributed by atoms with Gasteiger partial charge in [0.15, 0.2) is 0 Å². The Hall–Kier alpha value is -3.52. The minimum absolute atomic E-state index is 0.686. The molecule has 0 saturated heterocycles. The predicted octanol–water partition coefficient (Wildman–Crippen LogP) is 7.49. The van der Waals surface area contributed by atoms with Gasteiger partial charge < -0.3 is 9.47 Å². The van der Waals surface area contributed by atoms with Crippen molar-refractivity contribution in [3.63, 3.8) is 0 Å². The Labute approximate surface area is 178 Å². The number of hydrogen-bond donors (Lipinski definition) is 0. The SMILES string of the molecule is CCOc1ccc(-c2ccc(-c3ccc(-c4ccc(OCC)cc4)cc3)cc2)cc1. The van der Waals surface area contributed by atoms with Crippen molar-refractivity contribution < 1.29 is 9.47 Å². The van der Waals surface area contributed by atoms with Crippen LogP contribution >= 0.6 is 0 Å². The maximum absolute atomic E-state index is 5.53. The highest BCUT2D eigenvalue weighted by Crippen LogP contribution is 2.29. The lowest BCUT2D eigenvalue weighted by atomic mass is 9.98. The lowest BCUT2D eigenvalue weighted by Gasteiger charge is -2.08. The van der Waals surface area contributed by atoms with Gasteiger partial charge in [-0.05, 0) is 71.5 Å². The van der Waals surface area contributed by atoms with Crippen molar-refractivity contribution in [3.05, 3.63) is 97.1 Å². The molecule has 0 aromatic heterocycles. The molecule has 0 spiro atoms. The van der Waals surface area contributed by atoms with Crippen LogP contribution in [0.1, 0.15) is 13.8 Å². The molecular formula is C28H26O2. The fourth-order valence-corrected chi connectivity index (χ4v) is 3.53. The topological polar surface area (TPSA) is 18.5 Å². The summed E-state index contributed by atoms with van der Waals surface area (Å²) in [6.45, 7) is 5.37. The van der Waals surface area contributed by atoms with Crippen LogP contribution in [0.25, 0.3) is 33.4 Å². The molecule has 0 fully saturated rings. The molecule has 0 saturated carbocycles. The highest BCUT2D eigenvalue weighted by atomic mass is 16.5. The van der Waals surface area contributed by atoms with E-state index in [1.54, 1.807) is 0 Å². The van der Waals surface area contributed by atoms with Gasteiger partial charge in [-0.2, -0.15) is 0 Å². The average molecular weight is 395 g/mol. The molecule has 0 N–H and O–H groups in total. The Morgan fingerprint density at radius 2 is 0.567 bits per heavy atom. The van der Waals surface area contributed by atoms with Crippen LogP contribution < -0.4 is 9.47 Å². The fourth-order valence-electron chi connectivity index (χ4n) is 3.53. The number of rotatable bonds is 7. The molecule has 0 aliphatic rings. The molecule has 0 unspecified atom stereocenters. The van der Waals surface area contributed by atoms with E-state index in [-0.39, 0.29) is 0 Å². The van der Waals surface area contributed by atoms with Crippen molar-refractivity contribution in [2.24, 2.45) is 0 Å². The Morgan fingerprint density at radius 3 is 0.767 bits per heavy atom. The zero-order valence-electron chi connectivity index (χ0n) is 17.5. The van der Waals surface area contributed by atoms with Crippen LogP contribution in [-0.4, -0.2) is 13.2 Å². The van der Waals surface area contributed by atoms with Gasteiger partial charge in [0.05, 0.1) is 13.2 Å². The van der Waals surface area contributed by atoms with Crippen LogP contribution in [0.4, 0.5) is 0 Å². The van der Waals surface area contributed by atoms with Gasteiger partial charge in [0.25, 0.3) is 0 Å². The summed E-state index contributed by atoms with van der Waals surface area (Å²) in [6.07, 6.45) is 0. The molecule has 0 bridgehead atoms. The van der Waals surface area contributed by atoms with Gasteiger partial charge in [-0.1, -0.05) is 72.8 Å². The average Bonchev–Trinajstić information content (AvgIpc) is 2.81. The van der Waals surface area contributed by atoms with Gasteiger partial charge in [-0.3, -0.25) is 0 Å². The van der Waals surface area contributed by atoms with E-state index in [1.807, 2.05) is 38.1 Å². The normalized spacial score (nSPS) is 10.6. The molecule has 150 valence electrons. The monoisotopic (exact) mass is 394 g/mol. The lowest BCUT2D eigenvalue weighted by Crippen LogP contribution is -1.90. The first-order valence-electron chi connectivity index (χ1n) is 10.4. The minimum atomic E-state index is 0.686. The molecule has 0 heterocycles. The Kier molecular flexibility index (Phi) is 6.14. The van der Waals surface area contributed by atoms with E-state index in [0.29, 0.717) is 13.2 Å². The third-order valence-corrected chi connectivity index (χ3v) is 5.10. The van der Waals surface area contributed by atoms with Gasteiger partial charge in [0.1, 0.15) is 11.5 Å². The molecule has 0 aliphatic carbocycles. The number of benzene rings is 4. The van der Waals surface area contributed by atoms with Gasteiger partial charge in [-0.15, -0.1) is 0 Å². The first-order valence-corrected chi connectivity index (χ1v) is 10.4. The van der Waals surface area contributed by atoms with E-state index < -0.39 is 0 Å². The molecule has 2 heteroatoms. The van der Waals surface area contributed by atoms with Crippen LogP contribution in [0.2, 0.25) is 0 Å². The third kappa shape index (κ3) is 4.55. The highest BCUT2D eigenvalue weighted by molar-refractivity contribution is 5.73. The van der Waals surface area contributed by atoms with Crippen LogP contribution in [0.5, 0.6) is 11.5 Å². The molecule has 0 radical (unpaired) electrons. The van der Waals surface area contributed by atoms with Crippen molar-refractivity contribution in [1.82, 2.24) is 0 Å². The first-order chi connectivity index (χ1) is 14.8. The lowest BCUT2D eigenvalue weighted by molar-refractivity contribution is 0.340. The summed E-state index contributed by atoms with van der Waals surface area (Å²) in [4.78, 5) is 0. The quantitative estimate of drug-likeness (QED) is 0.323. The van der Waals surface area contributed by atoms with E-state index in [4.69, 9.17) is 9.47 Å². The molecule has 0 aliphatic heterocycles. The van der Waals surface area contributed by atoms with Crippen molar-refractivity contribution >= 4 is 0 Å². The molecular weight excluding hydrogens is 368 g/mol. The summed E-state index contributed by atoms with van der Waals surface area (Å²) in [7, 11) is 0. The zero-order chi connectivity index (χ0) is 20.8. The summed E-state index contributed by atoms with van der Waals surface area (Å²) >= 11 is 0. The fraction of sp³-hybridized carbons (Fsp3) is 0.143. The summed E-state index contributed by atoms with van der Waals surface area (Å²) in [5.41, 5.74) is 7.21. The predicted molar refractivity (Wildman–Crippen MR) is 125 cm³/mol. The van der Waals surface area contributed by atoms with Crippen LogP contribution in [0, 0.1) is 0 Å². The molecule has 4 rings (SSSR count). The maximum Gasteiger partial charge on any atom is 0.119 e. The van der Waals surface area contributed by atoms with Crippen molar-refractivity contribution in [2.75, 3.05) is 13.2 Å². The zero-order valence-corrected chi connectivity index (χ0v) is 17.5. The molecule has 2 nitrogen and oxygen atoms in total. The van der Waals surface area contributed by atoms with E-state index in [1.165, 1.54) is 33.4 Å². The highest BCUT2D eigenvalue weighted by Gasteiger charge is 2.03. The molecule has 4 aromatic carbocycles. The summed E-state index contributed by atoms with van der Waals surface area (Å²) in [6, 6.07) is 33.9. The smallest absolute Gasteiger partial charge is 0.119 e. The second kappa shape index (κ2) is 9.32. The standard InChI is InChI=1S/C28H26O2/c1-3-29-27-17-13-25(14-18-27)23-9-5-21(6-10-23)22-7-11-24(12-8-22)26-15-19-28(20-16-26)30-4-2/h5-20H,3-4H2,1-2H3. The Bertz CT molecular complexity index is 971. The van der Waals surface area contributed by atoms with Crippen LogP contribution in [0.3, 0.4) is 0 Å². The van der Waals surface area contributed by atoms with Crippen LogP contribution in [0.15, 0.2) is 97.1 Å². The van der Waals surface area contributed by atoms with E-state index in [2.05, 4.69) is 72.8 Å². The molecule has 4 aromatic rings. The second-order valence-electron chi connectivity index (χ2n) is 7.07. The largest absolute Gasteiger partial charge is 0.494 e. The van der Waals surface area contributed by atoms with Gasteiger partial charge in [0, 0.05) is 0 Å². The molecule has 0 atom stereocenters. The maximum atomic E-state index is 5.53. The van der Waals surface area contributed by atoms with Gasteiger partial charge in [0.2, 0.25) is 0 Å². The minimum Gasteiger partial charge on any atom is -0.494 e. The second-order valence-corrected chi connectivity index (χ2v) is 7.07. The van der Waals surface area contributed by atoms with Crippen molar-refractivity contribution in [2.45, 2.75) is 13.8 Å². The molecule has 0 amide bonds. The van der Waals surface area contributed by atoms with Crippen molar-refractivity contribution in [1.29, 1.82) is 0 Å². The van der Waals surface area contributed by atoms with E-state index in [9.17, 15) is 0 Å². The summed E-state index contributed by atoms with van der Waals surface area (Å²) in [5, 5.41) is 0. The number of ether oxygens (including phenoxy) is 2. The number of hydrogen-bond acceptors (Lipinski definition) is 2. The molecule has 30 heavy (non-hydrogen) atoms. The van der Waals surface area contributed by atoms with Crippen LogP contribution in [-0.2, 0) is 0 Å². The Balaban J connectivity index is 1.49. The Morgan fingerprint density at radius 1 is 0.367 bits per heavy atom. The van der Waals surface area contributed by atoms with E-state index in [0.717, 1.165) is 11.5 Å². The summed E-state index contributed by atoms with van der Waals surface area (Å²) in [5.74, 6) is 1.82. The van der Waals surface area contributed by atoms with Crippen molar-refractivity contribution in [3.8, 4) is 44.9 Å². The van der Waals surface area contributed by atoms with Gasteiger partial charge >= 0.3 is 0 Å². The first kappa shape index (κ1) is 19.8. The van der Waals surface area contributed by atoms with E-state index >= 15 is 0 Å². The van der Waals surface area contributed by atoms with Gasteiger partial charge in [-0.25, -0.2) is 0 Å². The third-order valence-electron chi connectivity index (χ3n) is 5.10.